The highest BCUT2D eigenvalue weighted by Crippen LogP contribution is 2.37. The van der Waals surface area contributed by atoms with Gasteiger partial charge in [0.2, 0.25) is 5.91 Å². The summed E-state index contributed by atoms with van der Waals surface area (Å²) >= 11 is 0. The van der Waals surface area contributed by atoms with Gasteiger partial charge in [0.05, 0.1) is 0 Å². The number of esters is 1. The standard InChI is InChI=1S/C21H31NO3/c1-20(2,3)25-18(23)17(13-12-16-10-6-5-7-11-16)22-19(24)21(4)14-8-9-15-21/h5-7,10-11,17H,8-9,12-15H2,1-4H3,(H,22,24). The fraction of sp³-hybridized carbons (Fsp3) is 0.619. The summed E-state index contributed by atoms with van der Waals surface area (Å²) in [7, 11) is 0. The molecule has 1 saturated carbocycles. The molecule has 1 aromatic rings. The number of aryl methyl sites for hydroxylation is 1. The molecule has 4 heteroatoms. The summed E-state index contributed by atoms with van der Waals surface area (Å²) in [4.78, 5) is 25.3. The molecule has 1 N–H and O–H groups in total. The van der Waals surface area contributed by atoms with Crippen LogP contribution in [0.2, 0.25) is 0 Å². The van der Waals surface area contributed by atoms with Crippen LogP contribution in [0.1, 0.15) is 65.4 Å². The molecule has 25 heavy (non-hydrogen) atoms. The summed E-state index contributed by atoms with van der Waals surface area (Å²) in [5, 5.41) is 2.98. The molecule has 4 nitrogen and oxygen atoms in total. The Morgan fingerprint density at radius 2 is 1.76 bits per heavy atom. The second kappa shape index (κ2) is 8.03. The minimum Gasteiger partial charge on any atom is -0.458 e. The van der Waals surface area contributed by atoms with Crippen LogP contribution < -0.4 is 5.32 Å². The van der Waals surface area contributed by atoms with Gasteiger partial charge in [0.25, 0.3) is 0 Å². The molecule has 0 aromatic heterocycles. The number of carbonyl (C=O) groups is 2. The number of ether oxygens (including phenoxy) is 1. The van der Waals surface area contributed by atoms with Crippen molar-refractivity contribution in [3.05, 3.63) is 35.9 Å². The zero-order chi connectivity index (χ0) is 18.5. The minimum absolute atomic E-state index is 0.0195. The van der Waals surface area contributed by atoms with Crippen molar-refractivity contribution in [3.8, 4) is 0 Å². The van der Waals surface area contributed by atoms with E-state index in [0.717, 1.165) is 37.7 Å². The van der Waals surface area contributed by atoms with Gasteiger partial charge in [-0.15, -0.1) is 0 Å². The van der Waals surface area contributed by atoms with Gasteiger partial charge in [-0.25, -0.2) is 4.79 Å². The van der Waals surface area contributed by atoms with Gasteiger partial charge in [0.1, 0.15) is 11.6 Å². The smallest absolute Gasteiger partial charge is 0.329 e. The van der Waals surface area contributed by atoms with Crippen molar-refractivity contribution < 1.29 is 14.3 Å². The van der Waals surface area contributed by atoms with E-state index < -0.39 is 11.6 Å². The molecule has 1 aliphatic rings. The molecule has 138 valence electrons. The van der Waals surface area contributed by atoms with Crippen LogP contribution in [-0.2, 0) is 20.7 Å². The van der Waals surface area contributed by atoms with Crippen molar-refractivity contribution >= 4 is 11.9 Å². The Kier molecular flexibility index (Phi) is 6.26. The van der Waals surface area contributed by atoms with Crippen LogP contribution in [0.15, 0.2) is 30.3 Å². The van der Waals surface area contributed by atoms with E-state index in [-0.39, 0.29) is 17.3 Å². The van der Waals surface area contributed by atoms with Crippen LogP contribution in [0, 0.1) is 5.41 Å². The quantitative estimate of drug-likeness (QED) is 0.792. The zero-order valence-corrected chi connectivity index (χ0v) is 15.9. The average molecular weight is 345 g/mol. The largest absolute Gasteiger partial charge is 0.458 e. The molecule has 0 spiro atoms. The first-order valence-corrected chi connectivity index (χ1v) is 9.27. The van der Waals surface area contributed by atoms with Crippen LogP contribution in [0.4, 0.5) is 0 Å². The van der Waals surface area contributed by atoms with E-state index in [2.05, 4.69) is 5.32 Å². The van der Waals surface area contributed by atoms with E-state index in [0.29, 0.717) is 6.42 Å². The van der Waals surface area contributed by atoms with Crippen molar-refractivity contribution in [3.63, 3.8) is 0 Å². The maximum absolute atomic E-state index is 12.7. The summed E-state index contributed by atoms with van der Waals surface area (Å²) in [6, 6.07) is 9.39. The molecule has 1 unspecified atom stereocenters. The lowest BCUT2D eigenvalue weighted by Gasteiger charge is -2.28. The fourth-order valence-corrected chi connectivity index (χ4v) is 3.29. The van der Waals surface area contributed by atoms with Gasteiger partial charge < -0.3 is 10.1 Å². The normalized spacial score (nSPS) is 17.8. The van der Waals surface area contributed by atoms with Gasteiger partial charge in [0.15, 0.2) is 0 Å². The fourth-order valence-electron chi connectivity index (χ4n) is 3.29. The molecule has 0 bridgehead atoms. The van der Waals surface area contributed by atoms with E-state index in [1.807, 2.05) is 58.0 Å². The topological polar surface area (TPSA) is 55.4 Å². The maximum atomic E-state index is 12.7. The van der Waals surface area contributed by atoms with Crippen LogP contribution in [0.3, 0.4) is 0 Å². The van der Waals surface area contributed by atoms with Crippen molar-refractivity contribution in [2.75, 3.05) is 0 Å². The number of rotatable bonds is 6. The van der Waals surface area contributed by atoms with E-state index >= 15 is 0 Å². The molecule has 1 aliphatic carbocycles. The first-order chi connectivity index (χ1) is 11.7. The van der Waals surface area contributed by atoms with Crippen LogP contribution >= 0.6 is 0 Å². The second-order valence-corrected chi connectivity index (χ2v) is 8.35. The second-order valence-electron chi connectivity index (χ2n) is 8.35. The summed E-state index contributed by atoms with van der Waals surface area (Å²) in [6.07, 6.45) is 5.19. The average Bonchev–Trinajstić information content (AvgIpc) is 2.98. The molecule has 0 saturated heterocycles. The van der Waals surface area contributed by atoms with E-state index in [9.17, 15) is 9.59 Å². The van der Waals surface area contributed by atoms with Gasteiger partial charge in [-0.2, -0.15) is 0 Å². The molecule has 1 aromatic carbocycles. The Morgan fingerprint density at radius 1 is 1.16 bits per heavy atom. The molecule has 1 fully saturated rings. The van der Waals surface area contributed by atoms with Crippen molar-refractivity contribution in [2.45, 2.75) is 77.9 Å². The molecular formula is C21H31NO3. The van der Waals surface area contributed by atoms with Crippen molar-refractivity contribution in [1.29, 1.82) is 0 Å². The third-order valence-corrected chi connectivity index (χ3v) is 4.82. The highest BCUT2D eigenvalue weighted by molar-refractivity contribution is 5.88. The first kappa shape index (κ1) is 19.5. The molecule has 0 aliphatic heterocycles. The molecule has 0 heterocycles. The maximum Gasteiger partial charge on any atom is 0.329 e. The summed E-state index contributed by atoms with van der Waals surface area (Å²) in [5.41, 5.74) is 0.231. The lowest BCUT2D eigenvalue weighted by Crippen LogP contribution is -2.48. The van der Waals surface area contributed by atoms with Crippen molar-refractivity contribution in [1.82, 2.24) is 5.32 Å². The Labute approximate surface area is 151 Å². The van der Waals surface area contributed by atoms with Gasteiger partial charge in [0, 0.05) is 5.41 Å². The highest BCUT2D eigenvalue weighted by Gasteiger charge is 2.38. The molecule has 2 rings (SSSR count). The predicted octanol–water partition coefficient (Wildman–Crippen LogP) is 4.03. The van der Waals surface area contributed by atoms with Gasteiger partial charge in [-0.05, 0) is 52.0 Å². The molecular weight excluding hydrogens is 314 g/mol. The highest BCUT2D eigenvalue weighted by atomic mass is 16.6. The number of nitrogens with one attached hydrogen (secondary N) is 1. The number of amides is 1. The van der Waals surface area contributed by atoms with Gasteiger partial charge in [-0.3, -0.25) is 4.79 Å². The minimum atomic E-state index is -0.607. The van der Waals surface area contributed by atoms with E-state index in [4.69, 9.17) is 4.74 Å². The Morgan fingerprint density at radius 3 is 2.32 bits per heavy atom. The summed E-state index contributed by atoms with van der Waals surface area (Å²) in [6.45, 7) is 7.54. The Balaban J connectivity index is 2.05. The third-order valence-electron chi connectivity index (χ3n) is 4.82. The predicted molar refractivity (Wildman–Crippen MR) is 99.1 cm³/mol. The zero-order valence-electron chi connectivity index (χ0n) is 15.9. The Hall–Kier alpha value is -1.84. The Bertz CT molecular complexity index is 583. The van der Waals surface area contributed by atoms with Gasteiger partial charge >= 0.3 is 5.97 Å². The number of hydrogen-bond donors (Lipinski definition) is 1. The van der Waals surface area contributed by atoms with Gasteiger partial charge in [-0.1, -0.05) is 50.1 Å². The summed E-state index contributed by atoms with van der Waals surface area (Å²) < 4.78 is 5.53. The molecule has 1 amide bonds. The van der Waals surface area contributed by atoms with Crippen molar-refractivity contribution in [2.24, 2.45) is 5.41 Å². The number of hydrogen-bond acceptors (Lipinski definition) is 3. The monoisotopic (exact) mass is 345 g/mol. The van der Waals surface area contributed by atoms with Crippen LogP contribution in [-0.4, -0.2) is 23.5 Å². The van der Waals surface area contributed by atoms with Crippen LogP contribution in [0.5, 0.6) is 0 Å². The van der Waals surface area contributed by atoms with E-state index in [1.165, 1.54) is 0 Å². The SMILES string of the molecule is CC(C)(C)OC(=O)C(CCc1ccccc1)NC(=O)C1(C)CCCC1. The van der Waals surface area contributed by atoms with E-state index in [1.54, 1.807) is 0 Å². The van der Waals surface area contributed by atoms with Crippen LogP contribution in [0.25, 0.3) is 0 Å². The number of carbonyl (C=O) groups excluding carboxylic acids is 2. The summed E-state index contributed by atoms with van der Waals surface area (Å²) in [5.74, 6) is -0.368. The molecule has 0 radical (unpaired) electrons. The third kappa shape index (κ3) is 5.87. The lowest BCUT2D eigenvalue weighted by molar-refractivity contribution is -0.159. The molecule has 1 atom stereocenters. The lowest BCUT2D eigenvalue weighted by atomic mass is 9.87. The number of benzene rings is 1. The first-order valence-electron chi connectivity index (χ1n) is 9.27.